The molecule has 1 aliphatic rings. The van der Waals surface area contributed by atoms with E-state index in [0.717, 1.165) is 55.3 Å². The largest absolute Gasteiger partial charge is 0.376 e. The Hall–Kier alpha value is -3.85. The smallest absolute Gasteiger partial charge is 0.145 e. The molecule has 0 aromatic heterocycles. The zero-order valence-electron chi connectivity index (χ0n) is 18.4. The lowest BCUT2D eigenvalue weighted by Crippen LogP contribution is -2.34. The van der Waals surface area contributed by atoms with Crippen molar-refractivity contribution in [1.82, 2.24) is 0 Å². The van der Waals surface area contributed by atoms with Gasteiger partial charge < -0.3 is 10.4 Å². The lowest BCUT2D eigenvalue weighted by Gasteiger charge is -2.39. The molecule has 2 nitrogen and oxygen atoms in total. The first-order valence-corrected chi connectivity index (χ1v) is 11.7. The van der Waals surface area contributed by atoms with Gasteiger partial charge in [0.2, 0.25) is 0 Å². The summed E-state index contributed by atoms with van der Waals surface area (Å²) in [5, 5.41) is 16.8. The summed E-state index contributed by atoms with van der Waals surface area (Å²) < 4.78 is 0. The van der Waals surface area contributed by atoms with E-state index in [1.807, 2.05) is 91.0 Å². The van der Waals surface area contributed by atoms with Crippen molar-refractivity contribution in [1.29, 1.82) is 0 Å². The van der Waals surface area contributed by atoms with Crippen LogP contribution in [0.1, 0.15) is 16.7 Å². The molecule has 3 heteroatoms. The van der Waals surface area contributed by atoms with Crippen LogP contribution in [0.2, 0.25) is 5.02 Å². The first-order valence-electron chi connectivity index (χ1n) is 11.3. The molecule has 0 radical (unpaired) electrons. The van der Waals surface area contributed by atoms with Gasteiger partial charge in [-0.1, -0.05) is 103 Å². The maximum atomic E-state index is 12.6. The van der Waals surface area contributed by atoms with E-state index in [1.54, 1.807) is 0 Å². The zero-order valence-corrected chi connectivity index (χ0v) is 19.1. The van der Waals surface area contributed by atoms with Gasteiger partial charge in [-0.2, -0.15) is 0 Å². The van der Waals surface area contributed by atoms with Gasteiger partial charge in [0, 0.05) is 27.5 Å². The van der Waals surface area contributed by atoms with Crippen molar-refractivity contribution < 1.29 is 5.11 Å². The average molecular weight is 460 g/mol. The lowest BCUT2D eigenvalue weighted by atomic mass is 9.74. The van der Waals surface area contributed by atoms with Crippen molar-refractivity contribution in [2.75, 3.05) is 5.32 Å². The van der Waals surface area contributed by atoms with Crippen LogP contribution >= 0.6 is 11.6 Å². The van der Waals surface area contributed by atoms with Crippen LogP contribution in [-0.2, 0) is 5.60 Å². The molecule has 5 aromatic rings. The highest BCUT2D eigenvalue weighted by molar-refractivity contribution is 6.30. The summed E-state index contributed by atoms with van der Waals surface area (Å²) in [4.78, 5) is 0. The number of hydrogen-bond acceptors (Lipinski definition) is 2. The molecule has 34 heavy (non-hydrogen) atoms. The van der Waals surface area contributed by atoms with Gasteiger partial charge in [-0.25, -0.2) is 0 Å². The van der Waals surface area contributed by atoms with E-state index in [1.165, 1.54) is 0 Å². The quantitative estimate of drug-likeness (QED) is 0.286. The normalized spacial score (nSPS) is 16.3. The van der Waals surface area contributed by atoms with Gasteiger partial charge >= 0.3 is 0 Å². The molecule has 0 saturated carbocycles. The van der Waals surface area contributed by atoms with Gasteiger partial charge in [0.25, 0.3) is 0 Å². The minimum absolute atomic E-state index is 0.717. The number of para-hydroxylation sites is 1. The molecule has 164 valence electrons. The SMILES string of the molecule is OC1(c2ccccc2)c2ccccc2Nc2cccc(-c3cccc(-c4ccc(Cl)cc4)c3)c21. The molecule has 5 aromatic carbocycles. The molecule has 2 N–H and O–H groups in total. The maximum Gasteiger partial charge on any atom is 0.145 e. The number of nitrogens with one attached hydrogen (secondary N) is 1. The van der Waals surface area contributed by atoms with Crippen LogP contribution < -0.4 is 5.32 Å². The molecule has 6 rings (SSSR count). The van der Waals surface area contributed by atoms with Crippen molar-refractivity contribution in [3.05, 3.63) is 143 Å². The predicted molar refractivity (Wildman–Crippen MR) is 141 cm³/mol. The molecule has 0 amide bonds. The second kappa shape index (κ2) is 8.18. The Kier molecular flexibility index (Phi) is 4.99. The molecular weight excluding hydrogens is 438 g/mol. The van der Waals surface area contributed by atoms with Gasteiger partial charge in [0.15, 0.2) is 0 Å². The highest BCUT2D eigenvalue weighted by Crippen LogP contribution is 2.51. The van der Waals surface area contributed by atoms with E-state index in [-0.39, 0.29) is 0 Å². The fourth-order valence-corrected chi connectivity index (χ4v) is 5.09. The van der Waals surface area contributed by atoms with Crippen molar-refractivity contribution in [3.8, 4) is 22.3 Å². The zero-order chi connectivity index (χ0) is 23.1. The third kappa shape index (κ3) is 3.31. The van der Waals surface area contributed by atoms with Crippen LogP contribution in [0.5, 0.6) is 0 Å². The van der Waals surface area contributed by atoms with Crippen LogP contribution in [0, 0.1) is 0 Å². The Balaban J connectivity index is 1.59. The van der Waals surface area contributed by atoms with Crippen LogP contribution in [0.3, 0.4) is 0 Å². The maximum absolute atomic E-state index is 12.6. The van der Waals surface area contributed by atoms with Crippen molar-refractivity contribution in [2.24, 2.45) is 0 Å². The molecule has 0 spiro atoms. The van der Waals surface area contributed by atoms with Crippen molar-refractivity contribution >= 4 is 23.0 Å². The Morgan fingerprint density at radius 2 is 1.26 bits per heavy atom. The van der Waals surface area contributed by atoms with Gasteiger partial charge in [0.05, 0.1) is 0 Å². The van der Waals surface area contributed by atoms with Crippen molar-refractivity contribution in [3.63, 3.8) is 0 Å². The number of benzene rings is 5. The summed E-state index contributed by atoms with van der Waals surface area (Å²) in [7, 11) is 0. The molecule has 1 aliphatic heterocycles. The van der Waals surface area contributed by atoms with Crippen LogP contribution in [0.15, 0.2) is 121 Å². The Morgan fingerprint density at radius 1 is 0.588 bits per heavy atom. The third-order valence-corrected chi connectivity index (χ3v) is 6.81. The highest BCUT2D eigenvalue weighted by atomic mass is 35.5. The number of aliphatic hydroxyl groups is 1. The number of anilines is 2. The number of fused-ring (bicyclic) bond motifs is 2. The number of rotatable bonds is 3. The van der Waals surface area contributed by atoms with E-state index in [0.29, 0.717) is 0 Å². The highest BCUT2D eigenvalue weighted by Gasteiger charge is 2.42. The summed E-state index contributed by atoms with van der Waals surface area (Å²) in [6, 6.07) is 40.3. The molecular formula is C31H22ClNO. The minimum atomic E-state index is -1.30. The summed E-state index contributed by atoms with van der Waals surface area (Å²) in [5.74, 6) is 0. The van der Waals surface area contributed by atoms with E-state index >= 15 is 0 Å². The number of hydrogen-bond donors (Lipinski definition) is 2. The third-order valence-electron chi connectivity index (χ3n) is 6.56. The van der Waals surface area contributed by atoms with Gasteiger partial charge in [0.1, 0.15) is 5.60 Å². The van der Waals surface area contributed by atoms with Crippen molar-refractivity contribution in [2.45, 2.75) is 5.60 Å². The topological polar surface area (TPSA) is 32.3 Å². The fraction of sp³-hybridized carbons (Fsp3) is 0.0323. The monoisotopic (exact) mass is 459 g/mol. The first kappa shape index (κ1) is 20.7. The Labute approximate surface area is 204 Å². The average Bonchev–Trinajstić information content (AvgIpc) is 2.89. The number of halogens is 1. The van der Waals surface area contributed by atoms with Crippen LogP contribution in [0.25, 0.3) is 22.3 Å². The van der Waals surface area contributed by atoms with Gasteiger partial charge in [-0.3, -0.25) is 0 Å². The minimum Gasteiger partial charge on any atom is -0.376 e. The predicted octanol–water partition coefficient (Wildman–Crippen LogP) is 8.02. The summed E-state index contributed by atoms with van der Waals surface area (Å²) >= 11 is 6.10. The standard InChI is InChI=1S/C31H22ClNO/c32-25-18-16-21(17-19-25)22-8-6-9-23(20-22)26-12-7-15-29-30(26)31(34,24-10-2-1-3-11-24)27-13-4-5-14-28(27)33-29/h1-20,33-34H. The van der Waals surface area contributed by atoms with Crippen LogP contribution in [0.4, 0.5) is 11.4 Å². The summed E-state index contributed by atoms with van der Waals surface area (Å²) in [5.41, 5.74) is 7.27. The second-order valence-electron chi connectivity index (χ2n) is 8.56. The van der Waals surface area contributed by atoms with E-state index in [4.69, 9.17) is 11.6 Å². The van der Waals surface area contributed by atoms with Gasteiger partial charge in [-0.15, -0.1) is 0 Å². The first-order chi connectivity index (χ1) is 16.6. The van der Waals surface area contributed by atoms with Gasteiger partial charge in [-0.05, 0) is 58.1 Å². The second-order valence-corrected chi connectivity index (χ2v) is 9.00. The molecule has 0 bridgehead atoms. The molecule has 1 atom stereocenters. The van der Waals surface area contributed by atoms with E-state index in [9.17, 15) is 5.11 Å². The summed E-state index contributed by atoms with van der Waals surface area (Å²) in [6.07, 6.45) is 0. The Morgan fingerprint density at radius 3 is 2.09 bits per heavy atom. The van der Waals surface area contributed by atoms with Crippen LogP contribution in [-0.4, -0.2) is 5.11 Å². The van der Waals surface area contributed by atoms with E-state index in [2.05, 4.69) is 35.6 Å². The molecule has 1 heterocycles. The molecule has 0 saturated heterocycles. The Bertz CT molecular complexity index is 1490. The molecule has 0 aliphatic carbocycles. The van der Waals surface area contributed by atoms with E-state index < -0.39 is 5.60 Å². The molecule has 1 unspecified atom stereocenters. The molecule has 0 fully saturated rings. The fourth-order valence-electron chi connectivity index (χ4n) is 4.96. The lowest BCUT2D eigenvalue weighted by molar-refractivity contribution is 0.126. The summed E-state index contributed by atoms with van der Waals surface area (Å²) in [6.45, 7) is 0.